The first-order valence-corrected chi connectivity index (χ1v) is 10.5. The highest BCUT2D eigenvalue weighted by Crippen LogP contribution is 2.43. The number of benzene rings is 1. The van der Waals surface area contributed by atoms with Crippen LogP contribution in [-0.4, -0.2) is 12.1 Å². The Kier molecular flexibility index (Phi) is 7.73. The molecule has 2 rings (SSSR count). The molecule has 26 heavy (non-hydrogen) atoms. The van der Waals surface area contributed by atoms with E-state index in [4.69, 9.17) is 4.74 Å². The van der Waals surface area contributed by atoms with Crippen molar-refractivity contribution in [1.82, 2.24) is 0 Å². The molecule has 1 aliphatic rings. The highest BCUT2D eigenvalue weighted by atomic mass is 16.5. The van der Waals surface area contributed by atoms with Gasteiger partial charge in [-0.15, -0.1) is 0 Å². The zero-order chi connectivity index (χ0) is 19.0. The van der Waals surface area contributed by atoms with Crippen LogP contribution in [0.15, 0.2) is 18.2 Å². The van der Waals surface area contributed by atoms with Crippen molar-refractivity contribution < 1.29 is 9.53 Å². The quantitative estimate of drug-likeness (QED) is 0.312. The number of unbranched alkanes of at least 4 members (excludes halogenated alkanes) is 3. The first kappa shape index (κ1) is 21.0. The maximum Gasteiger partial charge on any atom is 0.293 e. The lowest BCUT2D eigenvalue weighted by atomic mass is 9.89. The summed E-state index contributed by atoms with van der Waals surface area (Å²) in [6.45, 7) is 9.87. The average molecular weight is 359 g/mol. The van der Waals surface area contributed by atoms with Crippen molar-refractivity contribution in [1.29, 1.82) is 0 Å². The Bertz CT molecular complexity index is 564. The fourth-order valence-electron chi connectivity index (χ4n) is 3.79. The molecule has 1 aromatic carbocycles. The maximum absolute atomic E-state index is 10.5. The van der Waals surface area contributed by atoms with Crippen molar-refractivity contribution >= 4 is 6.47 Å². The first-order valence-electron chi connectivity index (χ1n) is 10.5. The Hall–Kier alpha value is -1.31. The van der Waals surface area contributed by atoms with E-state index in [1.165, 1.54) is 55.2 Å². The van der Waals surface area contributed by atoms with E-state index in [0.29, 0.717) is 11.9 Å². The predicted octanol–water partition coefficient (Wildman–Crippen LogP) is 6.56. The van der Waals surface area contributed by atoms with Crippen LogP contribution in [0, 0.1) is 12.3 Å². The van der Waals surface area contributed by atoms with Crippen LogP contribution >= 0.6 is 0 Å². The van der Waals surface area contributed by atoms with E-state index in [1.54, 1.807) is 0 Å². The second-order valence-corrected chi connectivity index (χ2v) is 9.49. The molecule has 0 aliphatic heterocycles. The van der Waals surface area contributed by atoms with Gasteiger partial charge in [0.05, 0.1) is 0 Å². The Balaban J connectivity index is 1.65. The van der Waals surface area contributed by atoms with Gasteiger partial charge in [-0.1, -0.05) is 51.8 Å². The molecule has 0 spiro atoms. The Morgan fingerprint density at radius 2 is 1.77 bits per heavy atom. The molecule has 0 radical (unpaired) electrons. The minimum atomic E-state index is -0.0888. The largest absolute Gasteiger partial charge is 0.461 e. The summed E-state index contributed by atoms with van der Waals surface area (Å²) in [6, 6.07) is 7.03. The molecular formula is C24H38O2. The molecule has 0 atom stereocenters. The summed E-state index contributed by atoms with van der Waals surface area (Å²) in [5, 5.41) is 0. The van der Waals surface area contributed by atoms with Gasteiger partial charge in [0.15, 0.2) is 0 Å². The third kappa shape index (κ3) is 7.51. The summed E-state index contributed by atoms with van der Waals surface area (Å²) in [4.78, 5) is 10.5. The molecule has 0 unspecified atom stereocenters. The molecular weight excluding hydrogens is 320 g/mol. The zero-order valence-corrected chi connectivity index (χ0v) is 17.4. The molecule has 0 amide bonds. The topological polar surface area (TPSA) is 26.3 Å². The van der Waals surface area contributed by atoms with Crippen molar-refractivity contribution in [2.75, 3.05) is 0 Å². The van der Waals surface area contributed by atoms with Crippen LogP contribution in [0.4, 0.5) is 0 Å². The van der Waals surface area contributed by atoms with E-state index in [9.17, 15) is 4.79 Å². The molecule has 0 aromatic heterocycles. The number of hydrogen-bond donors (Lipinski definition) is 0. The van der Waals surface area contributed by atoms with Gasteiger partial charge in [0.1, 0.15) is 5.60 Å². The third-order valence-electron chi connectivity index (χ3n) is 5.73. The Morgan fingerprint density at radius 3 is 2.38 bits per heavy atom. The van der Waals surface area contributed by atoms with Gasteiger partial charge in [-0.25, -0.2) is 0 Å². The van der Waals surface area contributed by atoms with Crippen LogP contribution in [0.3, 0.4) is 0 Å². The zero-order valence-electron chi connectivity index (χ0n) is 17.4. The van der Waals surface area contributed by atoms with Crippen LogP contribution < -0.4 is 0 Å². The van der Waals surface area contributed by atoms with E-state index in [-0.39, 0.29) is 5.60 Å². The van der Waals surface area contributed by atoms with Gasteiger partial charge >= 0.3 is 0 Å². The maximum atomic E-state index is 10.5. The minimum absolute atomic E-state index is 0.0888. The molecule has 2 heteroatoms. The summed E-state index contributed by atoms with van der Waals surface area (Å²) in [5.41, 5.74) is 4.78. The number of hydrogen-bond acceptors (Lipinski definition) is 2. The van der Waals surface area contributed by atoms with Crippen LogP contribution in [0.2, 0.25) is 0 Å². The van der Waals surface area contributed by atoms with Gasteiger partial charge < -0.3 is 4.74 Å². The van der Waals surface area contributed by atoms with Gasteiger partial charge in [-0.2, -0.15) is 0 Å². The summed E-state index contributed by atoms with van der Waals surface area (Å²) in [6.07, 6.45) is 13.1. The highest BCUT2D eigenvalue weighted by molar-refractivity contribution is 5.39. The summed E-state index contributed by atoms with van der Waals surface area (Å²) < 4.78 is 5.22. The predicted molar refractivity (Wildman–Crippen MR) is 109 cm³/mol. The lowest BCUT2D eigenvalue weighted by Gasteiger charge is -2.17. The number of carbonyl (C=O) groups excluding carboxylic acids is 1. The molecule has 1 aliphatic carbocycles. The second kappa shape index (κ2) is 9.58. The number of aryl methyl sites for hydroxylation is 3. The fourth-order valence-corrected chi connectivity index (χ4v) is 3.79. The van der Waals surface area contributed by atoms with Gasteiger partial charge in [-0.05, 0) is 86.8 Å². The van der Waals surface area contributed by atoms with E-state index in [1.807, 2.05) is 0 Å². The highest BCUT2D eigenvalue weighted by Gasteiger charge is 2.44. The van der Waals surface area contributed by atoms with Crippen molar-refractivity contribution in [3.05, 3.63) is 34.9 Å². The molecule has 0 N–H and O–H groups in total. The number of carbonyl (C=O) groups is 1. The number of ether oxygens (including phenoxy) is 1. The van der Waals surface area contributed by atoms with Crippen molar-refractivity contribution in [3.8, 4) is 0 Å². The second-order valence-electron chi connectivity index (χ2n) is 9.49. The molecule has 0 bridgehead atoms. The molecule has 146 valence electrons. The van der Waals surface area contributed by atoms with Crippen molar-refractivity contribution in [2.45, 2.75) is 104 Å². The SMILES string of the molecule is Cc1cc(CCCCC2(OC=O)CC2)ccc1CCCCCC(C)(C)C. The molecule has 1 saturated carbocycles. The first-order chi connectivity index (χ1) is 12.3. The monoisotopic (exact) mass is 358 g/mol. The van der Waals surface area contributed by atoms with Crippen molar-refractivity contribution in [2.24, 2.45) is 5.41 Å². The average Bonchev–Trinajstić information content (AvgIpc) is 3.32. The minimum Gasteiger partial charge on any atom is -0.461 e. The van der Waals surface area contributed by atoms with Crippen LogP contribution in [0.25, 0.3) is 0 Å². The van der Waals surface area contributed by atoms with Crippen molar-refractivity contribution in [3.63, 3.8) is 0 Å². The Morgan fingerprint density at radius 1 is 1.04 bits per heavy atom. The molecule has 1 aromatic rings. The van der Waals surface area contributed by atoms with E-state index in [2.05, 4.69) is 45.9 Å². The molecule has 0 heterocycles. The molecule has 2 nitrogen and oxygen atoms in total. The molecule has 1 fully saturated rings. The van der Waals surface area contributed by atoms with Crippen LogP contribution in [0.5, 0.6) is 0 Å². The van der Waals surface area contributed by atoms with Gasteiger partial charge in [-0.3, -0.25) is 4.79 Å². The smallest absolute Gasteiger partial charge is 0.293 e. The molecule has 0 saturated heterocycles. The third-order valence-corrected chi connectivity index (χ3v) is 5.73. The van der Waals surface area contributed by atoms with Crippen LogP contribution in [0.1, 0.15) is 95.2 Å². The van der Waals surface area contributed by atoms with E-state index >= 15 is 0 Å². The standard InChI is InChI=1S/C24H38O2/c1-20-18-21(10-7-9-15-24(16-17-24)26-19-25)12-13-22(20)11-6-5-8-14-23(2,3)4/h12-13,18-19H,5-11,14-17H2,1-4H3. The van der Waals surface area contributed by atoms with Crippen LogP contribution in [-0.2, 0) is 22.4 Å². The summed E-state index contributed by atoms with van der Waals surface area (Å²) >= 11 is 0. The normalized spacial score (nSPS) is 15.7. The van der Waals surface area contributed by atoms with Gasteiger partial charge in [0, 0.05) is 0 Å². The summed E-state index contributed by atoms with van der Waals surface area (Å²) in [5.74, 6) is 0. The lowest BCUT2D eigenvalue weighted by Crippen LogP contribution is -2.12. The van der Waals surface area contributed by atoms with E-state index < -0.39 is 0 Å². The Labute approximate surface area is 160 Å². The van der Waals surface area contributed by atoms with Gasteiger partial charge in [0.25, 0.3) is 6.47 Å². The fraction of sp³-hybridized carbons (Fsp3) is 0.708. The van der Waals surface area contributed by atoms with E-state index in [0.717, 1.165) is 32.1 Å². The lowest BCUT2D eigenvalue weighted by molar-refractivity contribution is -0.135. The summed E-state index contributed by atoms with van der Waals surface area (Å²) in [7, 11) is 0. The number of rotatable bonds is 12. The van der Waals surface area contributed by atoms with Gasteiger partial charge in [0.2, 0.25) is 0 Å².